The highest BCUT2D eigenvalue weighted by Gasteiger charge is 2.24. The number of hydrogen-bond donors (Lipinski definition) is 1. The van der Waals surface area contributed by atoms with Crippen LogP contribution < -0.4 is 5.32 Å². The largest absolute Gasteiger partial charge is 0.329 e. The van der Waals surface area contributed by atoms with Gasteiger partial charge >= 0.3 is 0 Å². The van der Waals surface area contributed by atoms with E-state index in [0.29, 0.717) is 17.9 Å². The highest BCUT2D eigenvalue weighted by molar-refractivity contribution is 5.99. The van der Waals surface area contributed by atoms with Crippen LogP contribution in [0, 0.1) is 13.8 Å². The average Bonchev–Trinajstić information content (AvgIpc) is 3.26. The number of nitrogens with one attached hydrogen (secondary N) is 1. The molecular weight excluding hydrogens is 484 g/mol. The Morgan fingerprint density at radius 1 is 0.897 bits per heavy atom. The van der Waals surface area contributed by atoms with Crippen LogP contribution in [-0.2, 0) is 15.6 Å². The molecule has 0 unspecified atom stereocenters. The fraction of sp³-hybridized carbons (Fsp3) is 0.485. The molecule has 3 aromatic rings. The summed E-state index contributed by atoms with van der Waals surface area (Å²) in [4.78, 5) is 28.6. The zero-order valence-electron chi connectivity index (χ0n) is 25.3. The van der Waals surface area contributed by atoms with Gasteiger partial charge in [-0.3, -0.25) is 9.59 Å². The molecule has 1 heterocycles. The Morgan fingerprint density at radius 2 is 1.56 bits per heavy atom. The highest BCUT2D eigenvalue weighted by atomic mass is 16.2. The monoisotopic (exact) mass is 530 g/mol. The number of carbonyl (C=O) groups is 2. The smallest absolute Gasteiger partial charge is 0.254 e. The van der Waals surface area contributed by atoms with Crippen molar-refractivity contribution in [2.45, 2.75) is 92.4 Å². The highest BCUT2D eigenvalue weighted by Crippen LogP contribution is 2.28. The van der Waals surface area contributed by atoms with Crippen molar-refractivity contribution in [2.75, 3.05) is 18.4 Å². The van der Waals surface area contributed by atoms with Gasteiger partial charge < -0.3 is 10.2 Å². The van der Waals surface area contributed by atoms with Gasteiger partial charge in [-0.15, -0.1) is 0 Å². The molecule has 39 heavy (non-hydrogen) atoms. The van der Waals surface area contributed by atoms with Gasteiger partial charge in [-0.2, -0.15) is 5.10 Å². The van der Waals surface area contributed by atoms with Gasteiger partial charge in [-0.1, -0.05) is 91.1 Å². The van der Waals surface area contributed by atoms with Crippen molar-refractivity contribution in [3.05, 3.63) is 76.5 Å². The number of anilines is 1. The molecule has 0 saturated heterocycles. The van der Waals surface area contributed by atoms with Crippen LogP contribution in [0.4, 0.5) is 5.82 Å². The first kappa shape index (κ1) is 30.1. The summed E-state index contributed by atoms with van der Waals surface area (Å²) in [7, 11) is 0. The fourth-order valence-corrected chi connectivity index (χ4v) is 4.52. The summed E-state index contributed by atoms with van der Waals surface area (Å²) in [6.45, 7) is 19.5. The van der Waals surface area contributed by atoms with E-state index >= 15 is 0 Å². The molecule has 1 N–H and O–H groups in total. The number of amides is 2. The van der Waals surface area contributed by atoms with E-state index in [4.69, 9.17) is 5.10 Å². The van der Waals surface area contributed by atoms with E-state index in [2.05, 4.69) is 66.8 Å². The molecule has 0 bridgehead atoms. The molecule has 0 aliphatic heterocycles. The van der Waals surface area contributed by atoms with Crippen molar-refractivity contribution in [1.82, 2.24) is 14.7 Å². The normalized spacial score (nSPS) is 11.9. The number of nitrogens with zero attached hydrogens (tertiary/aromatic N) is 3. The first-order valence-corrected chi connectivity index (χ1v) is 14.1. The third-order valence-electron chi connectivity index (χ3n) is 6.98. The van der Waals surface area contributed by atoms with Crippen LogP contribution >= 0.6 is 0 Å². The van der Waals surface area contributed by atoms with Crippen LogP contribution in [-0.4, -0.2) is 39.6 Å². The molecule has 3 rings (SSSR count). The summed E-state index contributed by atoms with van der Waals surface area (Å²) >= 11 is 0. The Morgan fingerprint density at radius 3 is 2.13 bits per heavy atom. The minimum Gasteiger partial charge on any atom is -0.329 e. The zero-order chi connectivity index (χ0) is 29.0. The van der Waals surface area contributed by atoms with Gasteiger partial charge in [0.2, 0.25) is 5.91 Å². The van der Waals surface area contributed by atoms with E-state index in [9.17, 15) is 9.59 Å². The van der Waals surface area contributed by atoms with E-state index in [1.807, 2.05) is 54.1 Å². The maximum absolute atomic E-state index is 13.5. The maximum Gasteiger partial charge on any atom is 0.254 e. The second kappa shape index (κ2) is 12.2. The van der Waals surface area contributed by atoms with E-state index in [1.165, 1.54) is 11.1 Å². The van der Waals surface area contributed by atoms with E-state index in [-0.39, 0.29) is 29.2 Å². The number of aryl methyl sites for hydroxylation is 2. The van der Waals surface area contributed by atoms with E-state index in [1.54, 1.807) is 4.90 Å². The van der Waals surface area contributed by atoms with Crippen molar-refractivity contribution < 1.29 is 9.59 Å². The standard InChI is InChI=1S/C33H46N4O2/c1-10-11-12-19-36(31(39)25-14-16-26(17-15-25)32(4,5)6)22-30(38)34-29-21-28(33(7,8)9)35-37(29)27-18-13-23(2)20-24(27)3/h13-18,20-21H,10-12,19,22H2,1-9H3,(H,34,38). The lowest BCUT2D eigenvalue weighted by Crippen LogP contribution is -2.39. The van der Waals surface area contributed by atoms with Crippen LogP contribution in [0.25, 0.3) is 5.69 Å². The van der Waals surface area contributed by atoms with Gasteiger partial charge in [-0.05, 0) is 55.0 Å². The second-order valence-electron chi connectivity index (χ2n) is 12.7. The van der Waals surface area contributed by atoms with Gasteiger partial charge in [0.1, 0.15) is 12.4 Å². The quantitative estimate of drug-likeness (QED) is 0.294. The molecule has 0 radical (unpaired) electrons. The Balaban J connectivity index is 1.87. The molecular formula is C33H46N4O2. The Bertz CT molecular complexity index is 1290. The average molecular weight is 531 g/mol. The molecule has 0 aliphatic rings. The molecule has 1 aromatic heterocycles. The Kier molecular flexibility index (Phi) is 9.42. The third-order valence-corrected chi connectivity index (χ3v) is 6.98. The predicted octanol–water partition coefficient (Wildman–Crippen LogP) is 7.36. The summed E-state index contributed by atoms with van der Waals surface area (Å²) in [5, 5.41) is 7.93. The molecule has 6 heteroatoms. The van der Waals surface area contributed by atoms with Crippen LogP contribution in [0.3, 0.4) is 0 Å². The van der Waals surface area contributed by atoms with Crippen molar-refractivity contribution in [1.29, 1.82) is 0 Å². The number of rotatable bonds is 9. The van der Waals surface area contributed by atoms with Crippen molar-refractivity contribution >= 4 is 17.6 Å². The van der Waals surface area contributed by atoms with Crippen molar-refractivity contribution in [3.63, 3.8) is 0 Å². The number of benzene rings is 2. The molecule has 2 amide bonds. The molecule has 0 fully saturated rings. The topological polar surface area (TPSA) is 67.2 Å². The van der Waals surface area contributed by atoms with Crippen LogP contribution in [0.5, 0.6) is 0 Å². The fourth-order valence-electron chi connectivity index (χ4n) is 4.52. The predicted molar refractivity (Wildman–Crippen MR) is 161 cm³/mol. The molecule has 2 aromatic carbocycles. The molecule has 0 aliphatic carbocycles. The first-order chi connectivity index (χ1) is 18.2. The van der Waals surface area contributed by atoms with Crippen molar-refractivity contribution in [3.8, 4) is 5.69 Å². The van der Waals surface area contributed by atoms with Crippen LogP contribution in [0.15, 0.2) is 48.5 Å². The van der Waals surface area contributed by atoms with Gasteiger partial charge in [0.15, 0.2) is 0 Å². The maximum atomic E-state index is 13.5. The van der Waals surface area contributed by atoms with Gasteiger partial charge in [-0.25, -0.2) is 4.68 Å². The van der Waals surface area contributed by atoms with E-state index < -0.39 is 0 Å². The summed E-state index contributed by atoms with van der Waals surface area (Å²) in [5.74, 6) is 0.241. The van der Waals surface area contributed by atoms with E-state index in [0.717, 1.165) is 36.2 Å². The minimum absolute atomic E-state index is 0.00688. The van der Waals surface area contributed by atoms with Gasteiger partial charge in [0.05, 0.1) is 11.4 Å². The molecule has 0 spiro atoms. The van der Waals surface area contributed by atoms with Crippen LogP contribution in [0.2, 0.25) is 0 Å². The molecule has 6 nitrogen and oxygen atoms in total. The zero-order valence-corrected chi connectivity index (χ0v) is 25.3. The molecule has 0 saturated carbocycles. The second-order valence-corrected chi connectivity index (χ2v) is 12.7. The number of unbranched alkanes of at least 4 members (excludes halogenated alkanes) is 2. The number of carbonyl (C=O) groups excluding carboxylic acids is 2. The number of aromatic nitrogens is 2. The Labute approximate surface area is 234 Å². The molecule has 0 atom stereocenters. The lowest BCUT2D eigenvalue weighted by Gasteiger charge is -2.23. The lowest BCUT2D eigenvalue weighted by atomic mass is 9.86. The summed E-state index contributed by atoms with van der Waals surface area (Å²) in [6, 6.07) is 15.9. The third kappa shape index (κ3) is 7.81. The first-order valence-electron chi connectivity index (χ1n) is 14.1. The van der Waals surface area contributed by atoms with Gasteiger partial charge in [0, 0.05) is 23.6 Å². The van der Waals surface area contributed by atoms with Gasteiger partial charge in [0.25, 0.3) is 5.91 Å². The Hall–Kier alpha value is -3.41. The van der Waals surface area contributed by atoms with Crippen LogP contribution in [0.1, 0.15) is 100 Å². The lowest BCUT2D eigenvalue weighted by molar-refractivity contribution is -0.117. The minimum atomic E-state index is -0.238. The molecule has 210 valence electrons. The summed E-state index contributed by atoms with van der Waals surface area (Å²) in [5.41, 5.74) is 5.63. The SMILES string of the molecule is CCCCCN(CC(=O)Nc1cc(C(C)(C)C)nn1-c1ccc(C)cc1C)C(=O)c1ccc(C(C)(C)C)cc1. The summed E-state index contributed by atoms with van der Waals surface area (Å²) in [6.07, 6.45) is 2.90. The van der Waals surface area contributed by atoms with Crippen molar-refractivity contribution in [2.24, 2.45) is 0 Å². The summed E-state index contributed by atoms with van der Waals surface area (Å²) < 4.78 is 1.81. The number of hydrogen-bond acceptors (Lipinski definition) is 3.